The summed E-state index contributed by atoms with van der Waals surface area (Å²) in [5, 5.41) is 20.5. The molecule has 114 valence electrons. The van der Waals surface area contributed by atoms with Crippen LogP contribution in [0.4, 0.5) is 0 Å². The molecule has 3 aromatic heterocycles. The predicted octanol–water partition coefficient (Wildman–Crippen LogP) is 1.27. The minimum atomic E-state index is -0.741. The van der Waals surface area contributed by atoms with Crippen LogP contribution in [-0.4, -0.2) is 37.1 Å². The lowest BCUT2D eigenvalue weighted by Crippen LogP contribution is -2.29. The third-order valence-electron chi connectivity index (χ3n) is 3.21. The zero-order valence-electron chi connectivity index (χ0n) is 12.1. The highest BCUT2D eigenvalue weighted by atomic mass is 32.1. The molecule has 7 nitrogen and oxygen atoms in total. The maximum Gasteiger partial charge on any atom is 0.291 e. The zero-order chi connectivity index (χ0) is 15.7. The number of aliphatic hydroxyl groups excluding tert-OH is 1. The van der Waals surface area contributed by atoms with Crippen LogP contribution in [0.3, 0.4) is 0 Å². The Morgan fingerprint density at radius 1 is 1.45 bits per heavy atom. The van der Waals surface area contributed by atoms with E-state index in [-0.39, 0.29) is 12.4 Å². The SMILES string of the molecule is Cc1cc(C)n2nc(C(=O)NCC(O)c3ccsc3)nc2n1. The first-order chi connectivity index (χ1) is 10.5. The lowest BCUT2D eigenvalue weighted by atomic mass is 10.2. The number of aliphatic hydroxyl groups is 1. The summed E-state index contributed by atoms with van der Waals surface area (Å²) >= 11 is 1.50. The summed E-state index contributed by atoms with van der Waals surface area (Å²) in [5.74, 6) is -0.00316. The molecular formula is C14H15N5O2S. The first kappa shape index (κ1) is 14.6. The standard InChI is InChI=1S/C14H15N5O2S/c1-8-5-9(2)19-14(16-8)17-12(18-19)13(21)15-6-11(20)10-3-4-22-7-10/h3-5,7,11,20H,6H2,1-2H3,(H,15,21). The van der Waals surface area contributed by atoms with Crippen molar-refractivity contribution in [3.05, 3.63) is 45.7 Å². The first-order valence-corrected chi connectivity index (χ1v) is 7.68. The van der Waals surface area contributed by atoms with E-state index < -0.39 is 12.0 Å². The van der Waals surface area contributed by atoms with Crippen molar-refractivity contribution in [3.63, 3.8) is 0 Å². The Hall–Kier alpha value is -2.32. The van der Waals surface area contributed by atoms with E-state index in [0.717, 1.165) is 17.0 Å². The minimum Gasteiger partial charge on any atom is -0.387 e. The van der Waals surface area contributed by atoms with Crippen LogP contribution in [0.15, 0.2) is 22.9 Å². The van der Waals surface area contributed by atoms with Crippen LogP contribution in [0.2, 0.25) is 0 Å². The summed E-state index contributed by atoms with van der Waals surface area (Å²) in [6, 6.07) is 3.68. The van der Waals surface area contributed by atoms with Crippen LogP contribution < -0.4 is 5.32 Å². The summed E-state index contributed by atoms with van der Waals surface area (Å²) in [4.78, 5) is 20.5. The highest BCUT2D eigenvalue weighted by molar-refractivity contribution is 7.07. The van der Waals surface area contributed by atoms with Crippen LogP contribution in [0.5, 0.6) is 0 Å². The fourth-order valence-electron chi connectivity index (χ4n) is 2.11. The molecule has 0 aliphatic rings. The summed E-state index contributed by atoms with van der Waals surface area (Å²) < 4.78 is 1.53. The molecule has 3 rings (SSSR count). The van der Waals surface area contributed by atoms with Crippen molar-refractivity contribution in [2.75, 3.05) is 6.54 Å². The lowest BCUT2D eigenvalue weighted by molar-refractivity contribution is 0.0906. The van der Waals surface area contributed by atoms with Crippen molar-refractivity contribution < 1.29 is 9.90 Å². The number of hydrogen-bond donors (Lipinski definition) is 2. The third-order valence-corrected chi connectivity index (χ3v) is 3.91. The number of hydrogen-bond acceptors (Lipinski definition) is 6. The Morgan fingerprint density at radius 2 is 2.27 bits per heavy atom. The van der Waals surface area contributed by atoms with E-state index in [2.05, 4.69) is 20.4 Å². The second-order valence-corrected chi connectivity index (χ2v) is 5.75. The molecule has 0 aliphatic carbocycles. The minimum absolute atomic E-state index is 0.0405. The van der Waals surface area contributed by atoms with Crippen molar-refractivity contribution in [3.8, 4) is 0 Å². The highest BCUT2D eigenvalue weighted by Crippen LogP contribution is 2.15. The molecule has 1 unspecified atom stereocenters. The fourth-order valence-corrected chi connectivity index (χ4v) is 2.82. The molecule has 22 heavy (non-hydrogen) atoms. The van der Waals surface area contributed by atoms with Gasteiger partial charge in [0.05, 0.1) is 6.10 Å². The van der Waals surface area contributed by atoms with Crippen molar-refractivity contribution in [2.24, 2.45) is 0 Å². The Labute approximate surface area is 130 Å². The first-order valence-electron chi connectivity index (χ1n) is 6.74. The van der Waals surface area contributed by atoms with Gasteiger partial charge in [-0.1, -0.05) is 0 Å². The smallest absolute Gasteiger partial charge is 0.291 e. The molecule has 0 fully saturated rings. The zero-order valence-corrected chi connectivity index (χ0v) is 13.0. The van der Waals surface area contributed by atoms with E-state index in [9.17, 15) is 9.90 Å². The Bertz CT molecular complexity index is 812. The van der Waals surface area contributed by atoms with Gasteiger partial charge in [0, 0.05) is 17.9 Å². The number of carbonyl (C=O) groups is 1. The highest BCUT2D eigenvalue weighted by Gasteiger charge is 2.16. The molecule has 3 aromatic rings. The van der Waals surface area contributed by atoms with E-state index in [1.165, 1.54) is 15.9 Å². The molecule has 0 saturated heterocycles. The van der Waals surface area contributed by atoms with Gasteiger partial charge in [-0.3, -0.25) is 4.79 Å². The second-order valence-electron chi connectivity index (χ2n) is 4.97. The lowest BCUT2D eigenvalue weighted by Gasteiger charge is -2.08. The molecule has 1 amide bonds. The van der Waals surface area contributed by atoms with Crippen molar-refractivity contribution in [1.82, 2.24) is 24.9 Å². The van der Waals surface area contributed by atoms with E-state index >= 15 is 0 Å². The van der Waals surface area contributed by atoms with Gasteiger partial charge < -0.3 is 10.4 Å². The van der Waals surface area contributed by atoms with Gasteiger partial charge in [0.15, 0.2) is 0 Å². The van der Waals surface area contributed by atoms with Gasteiger partial charge in [0.25, 0.3) is 11.7 Å². The molecule has 0 spiro atoms. The van der Waals surface area contributed by atoms with E-state index in [1.54, 1.807) is 0 Å². The van der Waals surface area contributed by atoms with Gasteiger partial charge in [-0.25, -0.2) is 9.50 Å². The van der Waals surface area contributed by atoms with Gasteiger partial charge in [0.1, 0.15) is 0 Å². The average Bonchev–Trinajstić information content (AvgIpc) is 3.13. The van der Waals surface area contributed by atoms with Crippen molar-refractivity contribution in [2.45, 2.75) is 20.0 Å². The van der Waals surface area contributed by atoms with Gasteiger partial charge in [0.2, 0.25) is 5.82 Å². The largest absolute Gasteiger partial charge is 0.387 e. The summed E-state index contributed by atoms with van der Waals surface area (Å²) in [7, 11) is 0. The number of nitrogens with one attached hydrogen (secondary N) is 1. The van der Waals surface area contributed by atoms with Crippen LogP contribution in [0.1, 0.15) is 33.7 Å². The van der Waals surface area contributed by atoms with Gasteiger partial charge in [-0.05, 0) is 42.3 Å². The normalized spacial score (nSPS) is 12.5. The molecule has 2 N–H and O–H groups in total. The topological polar surface area (TPSA) is 92.4 Å². The Kier molecular flexibility index (Phi) is 3.86. The number of aromatic nitrogens is 4. The monoisotopic (exact) mass is 317 g/mol. The molecule has 3 heterocycles. The molecule has 0 bridgehead atoms. The molecule has 0 aromatic carbocycles. The molecule has 0 aliphatic heterocycles. The van der Waals surface area contributed by atoms with Gasteiger partial charge in [-0.15, -0.1) is 5.10 Å². The number of fused-ring (bicyclic) bond motifs is 1. The van der Waals surface area contributed by atoms with Crippen LogP contribution >= 0.6 is 11.3 Å². The Balaban J connectivity index is 1.74. The number of nitrogens with zero attached hydrogens (tertiary/aromatic N) is 4. The number of rotatable bonds is 4. The van der Waals surface area contributed by atoms with E-state index in [0.29, 0.717) is 5.78 Å². The summed E-state index contributed by atoms with van der Waals surface area (Å²) in [5.41, 5.74) is 2.45. The molecule has 8 heteroatoms. The third kappa shape index (κ3) is 2.83. The maximum absolute atomic E-state index is 12.1. The number of thiophene rings is 1. The number of carbonyl (C=O) groups excluding carboxylic acids is 1. The second kappa shape index (κ2) is 5.82. The summed E-state index contributed by atoms with van der Waals surface area (Å²) in [6.45, 7) is 3.84. The van der Waals surface area contributed by atoms with Crippen LogP contribution in [0, 0.1) is 13.8 Å². The van der Waals surface area contributed by atoms with E-state index in [4.69, 9.17) is 0 Å². The fraction of sp³-hybridized carbons (Fsp3) is 0.286. The Morgan fingerprint density at radius 3 is 3.00 bits per heavy atom. The molecule has 0 saturated carbocycles. The van der Waals surface area contributed by atoms with Crippen molar-refractivity contribution >= 4 is 23.0 Å². The van der Waals surface area contributed by atoms with Gasteiger partial charge in [-0.2, -0.15) is 16.3 Å². The quantitative estimate of drug-likeness (QED) is 0.756. The van der Waals surface area contributed by atoms with Gasteiger partial charge >= 0.3 is 0 Å². The number of amides is 1. The van der Waals surface area contributed by atoms with Crippen LogP contribution in [0.25, 0.3) is 5.78 Å². The molecular weight excluding hydrogens is 302 g/mol. The van der Waals surface area contributed by atoms with E-state index in [1.807, 2.05) is 36.7 Å². The average molecular weight is 317 g/mol. The predicted molar refractivity (Wildman–Crippen MR) is 81.9 cm³/mol. The molecule has 0 radical (unpaired) electrons. The maximum atomic E-state index is 12.1. The van der Waals surface area contributed by atoms with Crippen LogP contribution in [-0.2, 0) is 0 Å². The number of aryl methyl sites for hydroxylation is 2. The molecule has 1 atom stereocenters. The summed E-state index contributed by atoms with van der Waals surface area (Å²) in [6.07, 6.45) is -0.741. The van der Waals surface area contributed by atoms with Crippen molar-refractivity contribution in [1.29, 1.82) is 0 Å².